The van der Waals surface area contributed by atoms with E-state index in [0.717, 1.165) is 5.56 Å². The zero-order chi connectivity index (χ0) is 14.8. The zero-order valence-corrected chi connectivity index (χ0v) is 10.9. The van der Waals surface area contributed by atoms with Crippen LogP contribution in [-0.2, 0) is 5.88 Å². The van der Waals surface area contributed by atoms with Gasteiger partial charge in [0, 0.05) is 17.6 Å². The molecule has 106 valence electrons. The van der Waals surface area contributed by atoms with Gasteiger partial charge in [0.25, 0.3) is 0 Å². The molecule has 0 bridgehead atoms. The van der Waals surface area contributed by atoms with Crippen molar-refractivity contribution in [1.82, 2.24) is 4.98 Å². The Labute approximate surface area is 118 Å². The Morgan fingerprint density at radius 3 is 2.40 bits per heavy atom. The third kappa shape index (κ3) is 3.54. The number of nitrogen functional groups attached to an aromatic ring is 1. The van der Waals surface area contributed by atoms with Crippen LogP contribution in [0.5, 0.6) is 5.75 Å². The molecule has 0 unspecified atom stereocenters. The second-order valence-corrected chi connectivity index (χ2v) is 4.24. The van der Waals surface area contributed by atoms with Crippen LogP contribution in [0.25, 0.3) is 11.1 Å². The SMILES string of the molecule is Nc1cc(CCl)c(-c2ccc(OC(F)(F)F)cc2)cn1. The molecule has 7 heteroatoms. The van der Waals surface area contributed by atoms with E-state index in [4.69, 9.17) is 17.3 Å². The molecule has 2 rings (SSSR count). The number of nitrogens with zero attached hydrogens (tertiary/aromatic N) is 1. The highest BCUT2D eigenvalue weighted by Crippen LogP contribution is 2.29. The second-order valence-electron chi connectivity index (χ2n) is 3.97. The molecule has 0 fully saturated rings. The molecule has 0 radical (unpaired) electrons. The summed E-state index contributed by atoms with van der Waals surface area (Å²) in [6, 6.07) is 7.10. The van der Waals surface area contributed by atoms with Crippen LogP contribution in [0.4, 0.5) is 19.0 Å². The molecule has 0 atom stereocenters. The molecule has 0 saturated heterocycles. The van der Waals surface area contributed by atoms with E-state index >= 15 is 0 Å². The van der Waals surface area contributed by atoms with Crippen molar-refractivity contribution in [2.45, 2.75) is 12.2 Å². The first kappa shape index (κ1) is 14.5. The van der Waals surface area contributed by atoms with Gasteiger partial charge in [0.1, 0.15) is 11.6 Å². The third-order valence-corrected chi connectivity index (χ3v) is 2.84. The topological polar surface area (TPSA) is 48.1 Å². The van der Waals surface area contributed by atoms with Crippen LogP contribution >= 0.6 is 11.6 Å². The number of hydrogen-bond donors (Lipinski definition) is 1. The van der Waals surface area contributed by atoms with E-state index in [1.54, 1.807) is 6.07 Å². The number of alkyl halides is 4. The minimum absolute atomic E-state index is 0.225. The summed E-state index contributed by atoms with van der Waals surface area (Å²) >= 11 is 5.82. The molecule has 2 N–H and O–H groups in total. The van der Waals surface area contributed by atoms with Gasteiger partial charge in [-0.1, -0.05) is 12.1 Å². The smallest absolute Gasteiger partial charge is 0.406 e. The van der Waals surface area contributed by atoms with E-state index in [1.165, 1.54) is 30.5 Å². The van der Waals surface area contributed by atoms with Gasteiger partial charge in [-0.2, -0.15) is 0 Å². The number of halogens is 4. The number of pyridine rings is 1. The Morgan fingerprint density at radius 1 is 1.20 bits per heavy atom. The Hall–Kier alpha value is -1.95. The van der Waals surface area contributed by atoms with Gasteiger partial charge in [0.2, 0.25) is 0 Å². The molecular formula is C13H10ClF3N2O. The molecule has 0 spiro atoms. The normalized spacial score (nSPS) is 11.4. The van der Waals surface area contributed by atoms with Gasteiger partial charge < -0.3 is 10.5 Å². The highest BCUT2D eigenvalue weighted by atomic mass is 35.5. The molecule has 1 aromatic heterocycles. The van der Waals surface area contributed by atoms with Gasteiger partial charge in [-0.15, -0.1) is 24.8 Å². The number of nitrogens with two attached hydrogens (primary N) is 1. The second kappa shape index (κ2) is 5.58. The maximum atomic E-state index is 12.1. The van der Waals surface area contributed by atoms with Gasteiger partial charge in [0.05, 0.1) is 0 Å². The lowest BCUT2D eigenvalue weighted by molar-refractivity contribution is -0.274. The van der Waals surface area contributed by atoms with Crippen LogP contribution < -0.4 is 10.5 Å². The fourth-order valence-electron chi connectivity index (χ4n) is 1.72. The molecular weight excluding hydrogens is 293 g/mol. The summed E-state index contributed by atoms with van der Waals surface area (Å²) in [6.07, 6.45) is -3.17. The molecule has 0 aliphatic heterocycles. The predicted molar refractivity (Wildman–Crippen MR) is 70.3 cm³/mol. The lowest BCUT2D eigenvalue weighted by Crippen LogP contribution is -2.16. The first-order valence-electron chi connectivity index (χ1n) is 5.55. The van der Waals surface area contributed by atoms with Crippen molar-refractivity contribution >= 4 is 17.4 Å². The summed E-state index contributed by atoms with van der Waals surface area (Å²) in [7, 11) is 0. The number of benzene rings is 1. The summed E-state index contributed by atoms with van der Waals surface area (Å²) in [5.74, 6) is 0.279. The largest absolute Gasteiger partial charge is 0.573 e. The lowest BCUT2D eigenvalue weighted by atomic mass is 10.0. The van der Waals surface area contributed by atoms with Gasteiger partial charge in [-0.3, -0.25) is 0 Å². The predicted octanol–water partition coefficient (Wildman–Crippen LogP) is 3.97. The highest BCUT2D eigenvalue weighted by molar-refractivity contribution is 6.17. The average Bonchev–Trinajstić information content (AvgIpc) is 2.38. The quantitative estimate of drug-likeness (QED) is 0.873. The first-order valence-corrected chi connectivity index (χ1v) is 6.09. The number of ether oxygens (including phenoxy) is 1. The molecule has 1 heterocycles. The monoisotopic (exact) mass is 302 g/mol. The average molecular weight is 303 g/mol. The van der Waals surface area contributed by atoms with Crippen molar-refractivity contribution in [3.8, 4) is 16.9 Å². The van der Waals surface area contributed by atoms with Crippen LogP contribution in [0.1, 0.15) is 5.56 Å². The fraction of sp³-hybridized carbons (Fsp3) is 0.154. The van der Waals surface area contributed by atoms with Crippen LogP contribution in [0.2, 0.25) is 0 Å². The minimum Gasteiger partial charge on any atom is -0.406 e. The molecule has 1 aromatic carbocycles. The summed E-state index contributed by atoms with van der Waals surface area (Å²) in [4.78, 5) is 3.95. The van der Waals surface area contributed by atoms with Crippen LogP contribution in [0, 0.1) is 0 Å². The maximum absolute atomic E-state index is 12.1. The zero-order valence-electron chi connectivity index (χ0n) is 10.1. The van der Waals surface area contributed by atoms with E-state index < -0.39 is 6.36 Å². The Morgan fingerprint density at radius 2 is 1.85 bits per heavy atom. The van der Waals surface area contributed by atoms with Gasteiger partial charge in [-0.25, -0.2) is 4.98 Å². The summed E-state index contributed by atoms with van der Waals surface area (Å²) in [5.41, 5.74) is 7.71. The van der Waals surface area contributed by atoms with Crippen LogP contribution in [0.3, 0.4) is 0 Å². The Kier molecular flexibility index (Phi) is 4.04. The summed E-state index contributed by atoms with van der Waals surface area (Å²) in [6.45, 7) is 0. The van der Waals surface area contributed by atoms with E-state index in [0.29, 0.717) is 16.9 Å². The number of rotatable bonds is 3. The van der Waals surface area contributed by atoms with E-state index in [2.05, 4.69) is 9.72 Å². The van der Waals surface area contributed by atoms with Crippen molar-refractivity contribution in [3.05, 3.63) is 42.1 Å². The number of aromatic nitrogens is 1. The van der Waals surface area contributed by atoms with E-state index in [-0.39, 0.29) is 11.6 Å². The van der Waals surface area contributed by atoms with Crippen molar-refractivity contribution in [2.75, 3.05) is 5.73 Å². The number of hydrogen-bond acceptors (Lipinski definition) is 3. The fourth-order valence-corrected chi connectivity index (χ4v) is 1.94. The van der Waals surface area contributed by atoms with Crippen molar-refractivity contribution in [1.29, 1.82) is 0 Å². The molecule has 3 nitrogen and oxygen atoms in total. The number of anilines is 1. The lowest BCUT2D eigenvalue weighted by Gasteiger charge is -2.11. The van der Waals surface area contributed by atoms with Crippen molar-refractivity contribution < 1.29 is 17.9 Å². The summed E-state index contributed by atoms with van der Waals surface area (Å²) < 4.78 is 40.0. The molecule has 0 aliphatic rings. The van der Waals surface area contributed by atoms with Crippen LogP contribution in [0.15, 0.2) is 36.5 Å². The van der Waals surface area contributed by atoms with Gasteiger partial charge >= 0.3 is 6.36 Å². The Bertz CT molecular complexity index is 600. The highest BCUT2D eigenvalue weighted by Gasteiger charge is 2.30. The molecule has 20 heavy (non-hydrogen) atoms. The maximum Gasteiger partial charge on any atom is 0.573 e. The van der Waals surface area contributed by atoms with Crippen molar-refractivity contribution in [2.24, 2.45) is 0 Å². The Balaban J connectivity index is 2.30. The van der Waals surface area contributed by atoms with Gasteiger partial charge in [-0.05, 0) is 29.3 Å². The first-order chi connectivity index (χ1) is 9.39. The van der Waals surface area contributed by atoms with Crippen molar-refractivity contribution in [3.63, 3.8) is 0 Å². The van der Waals surface area contributed by atoms with Gasteiger partial charge in [0.15, 0.2) is 0 Å². The summed E-state index contributed by atoms with van der Waals surface area (Å²) in [5, 5.41) is 0. The third-order valence-electron chi connectivity index (χ3n) is 2.55. The molecule has 0 saturated carbocycles. The molecule has 2 aromatic rings. The minimum atomic E-state index is -4.70. The molecule has 0 aliphatic carbocycles. The van der Waals surface area contributed by atoms with E-state index in [1.807, 2.05) is 0 Å². The molecule has 0 amide bonds. The van der Waals surface area contributed by atoms with E-state index in [9.17, 15) is 13.2 Å². The van der Waals surface area contributed by atoms with Crippen LogP contribution in [-0.4, -0.2) is 11.3 Å². The standard InChI is InChI=1S/C13H10ClF3N2O/c14-6-9-5-12(18)19-7-11(9)8-1-3-10(4-2-8)20-13(15,16)17/h1-5,7H,6H2,(H2,18,19).